The molecule has 0 radical (unpaired) electrons. The van der Waals surface area contributed by atoms with Crippen molar-refractivity contribution in [2.45, 2.75) is 50.6 Å². The number of aromatic nitrogens is 3. The SMILES string of the molecule is Cc1ncccc1C(=O)N[C@]1(O)CC[C@@H](Nc2cccc3nc(C(F)(F)F)cn23)CC1. The second-order valence-corrected chi connectivity index (χ2v) is 7.80. The third-order valence-electron chi connectivity index (χ3n) is 5.55. The van der Waals surface area contributed by atoms with Gasteiger partial charge in [-0.2, -0.15) is 13.2 Å². The van der Waals surface area contributed by atoms with E-state index < -0.39 is 17.6 Å². The molecule has 3 aromatic rings. The number of amides is 1. The lowest BCUT2D eigenvalue weighted by Crippen LogP contribution is -2.52. The highest BCUT2D eigenvalue weighted by Crippen LogP contribution is 2.31. The van der Waals surface area contributed by atoms with Crippen LogP contribution in [0.3, 0.4) is 0 Å². The van der Waals surface area contributed by atoms with E-state index >= 15 is 0 Å². The molecule has 3 N–H and O–H groups in total. The predicted molar refractivity (Wildman–Crippen MR) is 107 cm³/mol. The average molecular weight is 433 g/mol. The van der Waals surface area contributed by atoms with Gasteiger partial charge < -0.3 is 15.7 Å². The summed E-state index contributed by atoms with van der Waals surface area (Å²) in [5.74, 6) is 0.105. The predicted octanol–water partition coefficient (Wildman–Crippen LogP) is 3.53. The van der Waals surface area contributed by atoms with Crippen LogP contribution in [0.1, 0.15) is 47.4 Å². The lowest BCUT2D eigenvalue weighted by Gasteiger charge is -2.37. The summed E-state index contributed by atoms with van der Waals surface area (Å²) in [4.78, 5) is 20.2. The minimum absolute atomic E-state index is 0.0698. The number of carbonyl (C=O) groups excluding carboxylic acids is 1. The van der Waals surface area contributed by atoms with Gasteiger partial charge in [-0.05, 0) is 56.9 Å². The van der Waals surface area contributed by atoms with Crippen LogP contribution in [-0.2, 0) is 6.18 Å². The maximum absolute atomic E-state index is 13.0. The summed E-state index contributed by atoms with van der Waals surface area (Å²) in [6, 6.07) is 8.07. The van der Waals surface area contributed by atoms with Crippen molar-refractivity contribution in [2.24, 2.45) is 0 Å². The number of aliphatic hydroxyl groups is 1. The van der Waals surface area contributed by atoms with E-state index in [9.17, 15) is 23.1 Å². The van der Waals surface area contributed by atoms with Gasteiger partial charge in [-0.25, -0.2) is 4.98 Å². The van der Waals surface area contributed by atoms with Gasteiger partial charge in [0, 0.05) is 24.1 Å². The summed E-state index contributed by atoms with van der Waals surface area (Å²) in [6.07, 6.45) is -0.286. The Morgan fingerprint density at radius 3 is 2.65 bits per heavy atom. The summed E-state index contributed by atoms with van der Waals surface area (Å²) >= 11 is 0. The molecule has 1 aliphatic carbocycles. The molecule has 1 aliphatic rings. The molecule has 0 atom stereocenters. The number of rotatable bonds is 4. The number of hydrogen-bond donors (Lipinski definition) is 3. The molecule has 4 rings (SSSR count). The number of nitrogens with zero attached hydrogens (tertiary/aromatic N) is 3. The topological polar surface area (TPSA) is 91.5 Å². The van der Waals surface area contributed by atoms with Gasteiger partial charge in [-0.3, -0.25) is 14.2 Å². The van der Waals surface area contributed by atoms with Crippen molar-refractivity contribution >= 4 is 17.4 Å². The van der Waals surface area contributed by atoms with E-state index in [2.05, 4.69) is 20.6 Å². The first kappa shape index (κ1) is 21.1. The van der Waals surface area contributed by atoms with Gasteiger partial charge in [-0.1, -0.05) is 6.07 Å². The third-order valence-corrected chi connectivity index (χ3v) is 5.55. The number of fused-ring (bicyclic) bond motifs is 1. The molecule has 1 saturated carbocycles. The zero-order valence-electron chi connectivity index (χ0n) is 16.8. The van der Waals surface area contributed by atoms with E-state index in [4.69, 9.17) is 0 Å². The molecule has 164 valence electrons. The number of halogens is 3. The largest absolute Gasteiger partial charge is 0.434 e. The fourth-order valence-corrected chi connectivity index (χ4v) is 3.84. The number of aryl methyl sites for hydroxylation is 1. The number of imidazole rings is 1. The third kappa shape index (κ3) is 4.48. The van der Waals surface area contributed by atoms with E-state index in [-0.39, 0.29) is 17.6 Å². The van der Waals surface area contributed by atoms with Crippen LogP contribution in [0, 0.1) is 6.92 Å². The molecule has 31 heavy (non-hydrogen) atoms. The average Bonchev–Trinajstić information content (AvgIpc) is 3.16. The number of pyridine rings is 2. The fourth-order valence-electron chi connectivity index (χ4n) is 3.84. The van der Waals surface area contributed by atoms with Gasteiger partial charge in [0.25, 0.3) is 5.91 Å². The zero-order chi connectivity index (χ0) is 22.2. The molecule has 0 aromatic carbocycles. The Bertz CT molecular complexity index is 1100. The zero-order valence-corrected chi connectivity index (χ0v) is 16.8. The van der Waals surface area contributed by atoms with E-state index in [0.717, 1.165) is 6.20 Å². The molecule has 7 nitrogen and oxygen atoms in total. The highest BCUT2D eigenvalue weighted by Gasteiger charge is 2.36. The standard InChI is InChI=1S/C21H22F3N5O2/c1-13-15(4-3-11-25-13)19(30)28-20(31)9-7-14(8-10-20)26-17-5-2-6-18-27-16(12-29(17)18)21(22,23)24/h2-6,11-12,14,26,31H,7-10H2,1H3,(H,28,30)/t14-,20+. The van der Waals surface area contributed by atoms with Gasteiger partial charge in [-0.15, -0.1) is 0 Å². The van der Waals surface area contributed by atoms with Crippen LogP contribution in [0.25, 0.3) is 5.65 Å². The summed E-state index contributed by atoms with van der Waals surface area (Å²) in [5.41, 5.74) is -1.12. The number of alkyl halides is 3. The van der Waals surface area contributed by atoms with Crippen molar-refractivity contribution in [1.82, 2.24) is 19.7 Å². The number of carbonyl (C=O) groups is 1. The molecule has 10 heteroatoms. The van der Waals surface area contributed by atoms with Crippen LogP contribution < -0.4 is 10.6 Å². The summed E-state index contributed by atoms with van der Waals surface area (Å²) in [5, 5.41) is 16.8. The second-order valence-electron chi connectivity index (χ2n) is 7.80. The van der Waals surface area contributed by atoms with Crippen LogP contribution in [-0.4, -0.2) is 37.1 Å². The van der Waals surface area contributed by atoms with Crippen molar-refractivity contribution < 1.29 is 23.1 Å². The number of nitrogens with one attached hydrogen (secondary N) is 2. The lowest BCUT2D eigenvalue weighted by atomic mass is 9.87. The summed E-state index contributed by atoms with van der Waals surface area (Å²) in [7, 11) is 0. The van der Waals surface area contributed by atoms with E-state index in [1.165, 1.54) is 10.5 Å². The van der Waals surface area contributed by atoms with Crippen molar-refractivity contribution in [3.8, 4) is 0 Å². The normalized spacial score (nSPS) is 21.8. The maximum Gasteiger partial charge on any atom is 0.434 e. The Morgan fingerprint density at radius 1 is 1.23 bits per heavy atom. The van der Waals surface area contributed by atoms with Gasteiger partial charge in [0.15, 0.2) is 5.69 Å². The minimum atomic E-state index is -4.52. The van der Waals surface area contributed by atoms with Gasteiger partial charge >= 0.3 is 6.18 Å². The molecule has 3 heterocycles. The van der Waals surface area contributed by atoms with Gasteiger partial charge in [0.05, 0.1) is 5.56 Å². The first-order valence-electron chi connectivity index (χ1n) is 9.93. The molecule has 3 aromatic heterocycles. The Balaban J connectivity index is 1.42. The number of hydrogen-bond acceptors (Lipinski definition) is 5. The Labute approximate surface area is 176 Å². The molecular formula is C21H22F3N5O2. The van der Waals surface area contributed by atoms with Crippen LogP contribution >= 0.6 is 0 Å². The highest BCUT2D eigenvalue weighted by molar-refractivity contribution is 5.95. The fraction of sp³-hybridized carbons (Fsp3) is 0.381. The minimum Gasteiger partial charge on any atom is -0.371 e. The quantitative estimate of drug-likeness (QED) is 0.548. The Kier molecular flexibility index (Phi) is 5.34. The molecular weight excluding hydrogens is 411 g/mol. The smallest absolute Gasteiger partial charge is 0.371 e. The Hall–Kier alpha value is -3.14. The molecule has 0 unspecified atom stereocenters. The van der Waals surface area contributed by atoms with E-state index in [1.807, 2.05) is 0 Å². The first-order valence-corrected chi connectivity index (χ1v) is 9.93. The van der Waals surface area contributed by atoms with Crippen molar-refractivity contribution in [1.29, 1.82) is 0 Å². The van der Waals surface area contributed by atoms with Crippen LogP contribution in [0.2, 0.25) is 0 Å². The van der Waals surface area contributed by atoms with Crippen LogP contribution in [0.15, 0.2) is 42.7 Å². The molecule has 1 fully saturated rings. The van der Waals surface area contributed by atoms with Crippen LogP contribution in [0.4, 0.5) is 19.0 Å². The molecule has 0 spiro atoms. The van der Waals surface area contributed by atoms with E-state index in [0.29, 0.717) is 42.8 Å². The maximum atomic E-state index is 13.0. The van der Waals surface area contributed by atoms with Gasteiger partial charge in [0.1, 0.15) is 17.2 Å². The summed E-state index contributed by atoms with van der Waals surface area (Å²) < 4.78 is 40.3. The molecule has 1 amide bonds. The van der Waals surface area contributed by atoms with Crippen molar-refractivity contribution in [3.05, 3.63) is 59.7 Å². The molecule has 0 saturated heterocycles. The van der Waals surface area contributed by atoms with E-state index in [1.54, 1.807) is 37.4 Å². The first-order chi connectivity index (χ1) is 14.6. The van der Waals surface area contributed by atoms with Crippen molar-refractivity contribution in [2.75, 3.05) is 5.32 Å². The number of anilines is 1. The lowest BCUT2D eigenvalue weighted by molar-refractivity contribution is -0.140. The molecule has 0 aliphatic heterocycles. The van der Waals surface area contributed by atoms with Crippen LogP contribution in [0.5, 0.6) is 0 Å². The highest BCUT2D eigenvalue weighted by atomic mass is 19.4. The molecule has 0 bridgehead atoms. The second kappa shape index (κ2) is 7.84. The van der Waals surface area contributed by atoms with Crippen molar-refractivity contribution in [3.63, 3.8) is 0 Å². The van der Waals surface area contributed by atoms with Gasteiger partial charge in [0.2, 0.25) is 0 Å². The Morgan fingerprint density at radius 2 is 1.97 bits per heavy atom. The summed E-state index contributed by atoms with van der Waals surface area (Å²) in [6.45, 7) is 1.72. The monoisotopic (exact) mass is 433 g/mol.